The van der Waals surface area contributed by atoms with Gasteiger partial charge in [-0.3, -0.25) is 4.79 Å². The number of carbonyl (C=O) groups is 1. The van der Waals surface area contributed by atoms with Gasteiger partial charge in [0.25, 0.3) is 5.91 Å². The van der Waals surface area contributed by atoms with Crippen LogP contribution in [0.15, 0.2) is 47.4 Å². The van der Waals surface area contributed by atoms with Gasteiger partial charge in [0.05, 0.1) is 10.5 Å². The Morgan fingerprint density at radius 1 is 1.07 bits per heavy atom. The van der Waals surface area contributed by atoms with E-state index in [1.54, 1.807) is 12.1 Å². The lowest BCUT2D eigenvalue weighted by atomic mass is 10.0. The molecule has 0 unspecified atom stereocenters. The SMILES string of the molecule is CC(C)c1ccc(NC(=O)c2cc(S(=O)(=O)NC3CCCC3)ccc2F)cc1. The monoisotopic (exact) mass is 404 g/mol. The molecule has 1 amide bonds. The minimum absolute atomic E-state index is 0.105. The van der Waals surface area contributed by atoms with Gasteiger partial charge in [-0.05, 0) is 54.7 Å². The van der Waals surface area contributed by atoms with Crippen LogP contribution in [0.1, 0.15) is 61.4 Å². The van der Waals surface area contributed by atoms with E-state index < -0.39 is 21.7 Å². The first-order valence-corrected chi connectivity index (χ1v) is 11.0. The lowest BCUT2D eigenvalue weighted by Gasteiger charge is -2.14. The number of halogens is 1. The van der Waals surface area contributed by atoms with E-state index in [9.17, 15) is 17.6 Å². The van der Waals surface area contributed by atoms with Crippen molar-refractivity contribution in [2.45, 2.75) is 56.4 Å². The zero-order valence-electron chi connectivity index (χ0n) is 16.0. The molecule has 0 saturated heterocycles. The maximum Gasteiger partial charge on any atom is 0.258 e. The highest BCUT2D eigenvalue weighted by atomic mass is 32.2. The molecule has 0 aromatic heterocycles. The van der Waals surface area contributed by atoms with E-state index in [2.05, 4.69) is 23.9 Å². The molecule has 3 rings (SSSR count). The van der Waals surface area contributed by atoms with Gasteiger partial charge in [-0.15, -0.1) is 0 Å². The van der Waals surface area contributed by atoms with E-state index in [4.69, 9.17) is 0 Å². The van der Waals surface area contributed by atoms with Crippen LogP contribution in [-0.2, 0) is 10.0 Å². The summed E-state index contributed by atoms with van der Waals surface area (Å²) in [5.41, 5.74) is 1.34. The molecule has 2 aromatic rings. The molecule has 1 aliphatic rings. The van der Waals surface area contributed by atoms with Crippen molar-refractivity contribution in [1.82, 2.24) is 4.72 Å². The summed E-state index contributed by atoms with van der Waals surface area (Å²) in [5.74, 6) is -1.10. The van der Waals surface area contributed by atoms with Gasteiger partial charge in [0, 0.05) is 11.7 Å². The van der Waals surface area contributed by atoms with Crippen LogP contribution < -0.4 is 10.0 Å². The highest BCUT2D eigenvalue weighted by Gasteiger charge is 2.24. The van der Waals surface area contributed by atoms with Gasteiger partial charge in [-0.1, -0.05) is 38.8 Å². The highest BCUT2D eigenvalue weighted by Crippen LogP contribution is 2.22. The fraction of sp³-hybridized carbons (Fsp3) is 0.381. The smallest absolute Gasteiger partial charge is 0.258 e. The van der Waals surface area contributed by atoms with Gasteiger partial charge in [-0.2, -0.15) is 0 Å². The summed E-state index contributed by atoms with van der Waals surface area (Å²) in [7, 11) is -3.80. The fourth-order valence-corrected chi connectivity index (χ4v) is 4.66. The number of sulfonamides is 1. The Hall–Kier alpha value is -2.25. The minimum atomic E-state index is -3.80. The highest BCUT2D eigenvalue weighted by molar-refractivity contribution is 7.89. The van der Waals surface area contributed by atoms with Gasteiger partial charge < -0.3 is 5.32 Å². The van der Waals surface area contributed by atoms with Gasteiger partial charge in [-0.25, -0.2) is 17.5 Å². The van der Waals surface area contributed by atoms with E-state index in [1.165, 1.54) is 6.07 Å². The summed E-state index contributed by atoms with van der Waals surface area (Å²) in [6.07, 6.45) is 3.56. The van der Waals surface area contributed by atoms with Gasteiger partial charge in [0.15, 0.2) is 0 Å². The number of hydrogen-bond acceptors (Lipinski definition) is 3. The van der Waals surface area contributed by atoms with Gasteiger partial charge >= 0.3 is 0 Å². The summed E-state index contributed by atoms with van der Waals surface area (Å²) in [6.45, 7) is 4.13. The predicted octanol–water partition coefficient (Wildman–Crippen LogP) is 4.42. The summed E-state index contributed by atoms with van der Waals surface area (Å²) >= 11 is 0. The normalized spacial score (nSPS) is 15.1. The number of hydrogen-bond donors (Lipinski definition) is 2. The molecule has 5 nitrogen and oxygen atoms in total. The summed E-state index contributed by atoms with van der Waals surface area (Å²) in [5, 5.41) is 2.62. The summed E-state index contributed by atoms with van der Waals surface area (Å²) < 4.78 is 42.0. The summed E-state index contributed by atoms with van der Waals surface area (Å²) in [6, 6.07) is 10.4. The molecule has 0 bridgehead atoms. The van der Waals surface area contributed by atoms with Crippen molar-refractivity contribution in [3.63, 3.8) is 0 Å². The largest absolute Gasteiger partial charge is 0.322 e. The zero-order chi connectivity index (χ0) is 20.3. The Morgan fingerprint density at radius 2 is 1.71 bits per heavy atom. The Balaban J connectivity index is 1.79. The minimum Gasteiger partial charge on any atom is -0.322 e. The van der Waals surface area contributed by atoms with Crippen molar-refractivity contribution in [1.29, 1.82) is 0 Å². The lowest BCUT2D eigenvalue weighted by Crippen LogP contribution is -2.32. The van der Waals surface area contributed by atoms with Crippen molar-refractivity contribution in [2.24, 2.45) is 0 Å². The van der Waals surface area contributed by atoms with E-state index >= 15 is 0 Å². The Kier molecular flexibility index (Phi) is 6.15. The van der Waals surface area contributed by atoms with E-state index in [1.807, 2.05) is 12.1 Å². The van der Waals surface area contributed by atoms with Crippen LogP contribution in [-0.4, -0.2) is 20.4 Å². The third-order valence-corrected chi connectivity index (χ3v) is 6.52. The van der Waals surface area contributed by atoms with Crippen molar-refractivity contribution < 1.29 is 17.6 Å². The molecule has 0 heterocycles. The van der Waals surface area contributed by atoms with E-state index in [0.29, 0.717) is 11.6 Å². The Labute approximate surface area is 165 Å². The van der Waals surface area contributed by atoms with Crippen LogP contribution in [0.5, 0.6) is 0 Å². The van der Waals surface area contributed by atoms with Crippen LogP contribution in [0.4, 0.5) is 10.1 Å². The Morgan fingerprint density at radius 3 is 2.32 bits per heavy atom. The molecule has 28 heavy (non-hydrogen) atoms. The molecule has 7 heteroatoms. The van der Waals surface area contributed by atoms with Crippen molar-refractivity contribution >= 4 is 21.6 Å². The number of carbonyl (C=O) groups excluding carboxylic acids is 1. The van der Waals surface area contributed by atoms with Crippen molar-refractivity contribution in [3.05, 3.63) is 59.4 Å². The third-order valence-electron chi connectivity index (χ3n) is 5.00. The molecule has 2 aromatic carbocycles. The van der Waals surface area contributed by atoms with Crippen LogP contribution in [0.3, 0.4) is 0 Å². The molecular formula is C21H25FN2O3S. The molecule has 150 valence electrons. The lowest BCUT2D eigenvalue weighted by molar-refractivity contribution is 0.102. The number of amides is 1. The van der Waals surface area contributed by atoms with Gasteiger partial charge in [0.1, 0.15) is 5.82 Å². The van der Waals surface area contributed by atoms with Crippen LogP contribution in [0.25, 0.3) is 0 Å². The molecule has 0 radical (unpaired) electrons. The molecule has 1 saturated carbocycles. The van der Waals surface area contributed by atoms with Gasteiger partial charge in [0.2, 0.25) is 10.0 Å². The molecule has 0 atom stereocenters. The van der Waals surface area contributed by atoms with Crippen molar-refractivity contribution in [2.75, 3.05) is 5.32 Å². The first-order chi connectivity index (χ1) is 13.3. The Bertz CT molecular complexity index is 950. The second-order valence-corrected chi connectivity index (χ2v) is 9.19. The average molecular weight is 405 g/mol. The first kappa shape index (κ1) is 20.5. The molecule has 0 aliphatic heterocycles. The first-order valence-electron chi connectivity index (χ1n) is 9.49. The molecule has 0 spiro atoms. The maximum absolute atomic E-state index is 14.2. The number of benzene rings is 2. The molecule has 2 N–H and O–H groups in total. The van der Waals surface area contributed by atoms with Crippen LogP contribution >= 0.6 is 0 Å². The standard InChI is InChI=1S/C21H25FN2O3S/c1-14(2)15-7-9-16(10-8-15)23-21(25)19-13-18(11-12-20(19)22)28(26,27)24-17-5-3-4-6-17/h7-14,17,24H,3-6H2,1-2H3,(H,23,25). The quantitative estimate of drug-likeness (QED) is 0.748. The predicted molar refractivity (Wildman–Crippen MR) is 107 cm³/mol. The second kappa shape index (κ2) is 8.41. The average Bonchev–Trinajstić information content (AvgIpc) is 3.14. The van der Waals surface area contributed by atoms with E-state index in [0.717, 1.165) is 43.4 Å². The maximum atomic E-state index is 14.2. The van der Waals surface area contributed by atoms with Crippen LogP contribution in [0, 0.1) is 5.82 Å². The molecular weight excluding hydrogens is 379 g/mol. The number of anilines is 1. The van der Waals surface area contributed by atoms with Crippen molar-refractivity contribution in [3.8, 4) is 0 Å². The number of nitrogens with one attached hydrogen (secondary N) is 2. The third kappa shape index (κ3) is 4.77. The van der Waals surface area contributed by atoms with Crippen LogP contribution in [0.2, 0.25) is 0 Å². The molecule has 1 aliphatic carbocycles. The topological polar surface area (TPSA) is 75.3 Å². The summed E-state index contributed by atoms with van der Waals surface area (Å²) in [4.78, 5) is 12.4. The van der Waals surface area contributed by atoms with E-state index in [-0.39, 0.29) is 16.5 Å². The zero-order valence-corrected chi connectivity index (χ0v) is 16.9. The number of rotatable bonds is 6. The second-order valence-electron chi connectivity index (χ2n) is 7.48. The molecule has 1 fully saturated rings. The fourth-order valence-electron chi connectivity index (χ4n) is 3.33.